The number of H-pyrrole nitrogens is 1. The van der Waals surface area contributed by atoms with Gasteiger partial charge >= 0.3 is 5.97 Å². The minimum atomic E-state index is -0.959. The summed E-state index contributed by atoms with van der Waals surface area (Å²) in [5.74, 6) is -0.978. The van der Waals surface area contributed by atoms with E-state index in [9.17, 15) is 14.4 Å². The summed E-state index contributed by atoms with van der Waals surface area (Å²) in [5, 5.41) is 0. The third-order valence-corrected chi connectivity index (χ3v) is 4.57. The maximum atomic E-state index is 12.7. The first-order chi connectivity index (χ1) is 12.0. The minimum absolute atomic E-state index is 0.106. The fourth-order valence-electron chi connectivity index (χ4n) is 3.50. The zero-order valence-electron chi connectivity index (χ0n) is 16.4. The molecule has 1 unspecified atom stereocenters. The summed E-state index contributed by atoms with van der Waals surface area (Å²) in [7, 11) is 0. The number of hydrogen-bond acceptors (Lipinski definition) is 4. The third kappa shape index (κ3) is 3.62. The second-order valence-corrected chi connectivity index (χ2v) is 6.87. The Bertz CT molecular complexity index is 882. The van der Waals surface area contributed by atoms with Crippen molar-refractivity contribution in [3.63, 3.8) is 0 Å². The van der Waals surface area contributed by atoms with Gasteiger partial charge in [-0.1, -0.05) is 17.7 Å². The molecule has 0 fully saturated rings. The van der Waals surface area contributed by atoms with Crippen molar-refractivity contribution in [3.05, 3.63) is 56.9 Å². The smallest absolute Gasteiger partial charge is 0.339 e. The number of carbonyl (C=O) groups excluding carboxylic acids is 3. The van der Waals surface area contributed by atoms with Gasteiger partial charge in [0.05, 0.1) is 11.3 Å². The lowest BCUT2D eigenvalue weighted by Crippen LogP contribution is -2.26. The number of ketones is 2. The standard InChI is InChI=1S/C21H25NO4/c1-10-8-11(2)17(12(3)9-10)21(25)26-16(7)20(24)19-13(4)18(15(6)23)14(5)22-19/h8-9,16,22H,1-7H3. The highest BCUT2D eigenvalue weighted by molar-refractivity contribution is 6.05. The van der Waals surface area contributed by atoms with E-state index in [0.717, 1.165) is 16.7 Å². The number of esters is 1. The normalized spacial score (nSPS) is 12.0. The van der Waals surface area contributed by atoms with Gasteiger partial charge in [-0.25, -0.2) is 4.79 Å². The highest BCUT2D eigenvalue weighted by atomic mass is 16.5. The Morgan fingerprint density at radius 2 is 1.50 bits per heavy atom. The van der Waals surface area contributed by atoms with Crippen molar-refractivity contribution in [2.75, 3.05) is 0 Å². The average Bonchev–Trinajstić information content (AvgIpc) is 2.79. The van der Waals surface area contributed by atoms with Crippen LogP contribution in [0.4, 0.5) is 0 Å². The van der Waals surface area contributed by atoms with E-state index in [1.54, 1.807) is 20.8 Å². The van der Waals surface area contributed by atoms with Gasteiger partial charge in [-0.2, -0.15) is 0 Å². The zero-order valence-corrected chi connectivity index (χ0v) is 16.4. The number of aryl methyl sites for hydroxylation is 4. The topological polar surface area (TPSA) is 76.2 Å². The molecule has 1 aromatic heterocycles. The molecule has 0 spiro atoms. The van der Waals surface area contributed by atoms with Crippen LogP contribution in [0.3, 0.4) is 0 Å². The molecule has 2 rings (SSSR count). The molecule has 138 valence electrons. The van der Waals surface area contributed by atoms with Crippen LogP contribution < -0.4 is 0 Å². The lowest BCUT2D eigenvalue weighted by atomic mass is 10.00. The number of benzene rings is 1. The van der Waals surface area contributed by atoms with Gasteiger partial charge in [-0.3, -0.25) is 9.59 Å². The summed E-state index contributed by atoms with van der Waals surface area (Å²) >= 11 is 0. The maximum absolute atomic E-state index is 12.7. The van der Waals surface area contributed by atoms with Crippen LogP contribution in [0, 0.1) is 34.6 Å². The zero-order chi connectivity index (χ0) is 19.8. The molecule has 0 amide bonds. The molecule has 0 radical (unpaired) electrons. The number of aromatic nitrogens is 1. The van der Waals surface area contributed by atoms with Gasteiger partial charge < -0.3 is 9.72 Å². The second kappa shape index (κ2) is 7.28. The summed E-state index contributed by atoms with van der Waals surface area (Å²) in [6.45, 7) is 12.1. The van der Waals surface area contributed by atoms with Crippen molar-refractivity contribution in [2.24, 2.45) is 0 Å². The van der Waals surface area contributed by atoms with Crippen LogP contribution in [0.2, 0.25) is 0 Å². The molecule has 26 heavy (non-hydrogen) atoms. The van der Waals surface area contributed by atoms with E-state index in [2.05, 4.69) is 4.98 Å². The first kappa shape index (κ1) is 19.6. The monoisotopic (exact) mass is 355 g/mol. The van der Waals surface area contributed by atoms with Crippen LogP contribution in [0.15, 0.2) is 12.1 Å². The molecule has 1 atom stereocenters. The molecule has 0 saturated carbocycles. The van der Waals surface area contributed by atoms with Crippen molar-refractivity contribution >= 4 is 17.5 Å². The first-order valence-electron chi connectivity index (χ1n) is 8.57. The summed E-state index contributed by atoms with van der Waals surface area (Å²) in [6.07, 6.45) is -0.959. The lowest BCUT2D eigenvalue weighted by molar-refractivity contribution is 0.0315. The highest BCUT2D eigenvalue weighted by Gasteiger charge is 2.27. The molecular formula is C21H25NO4. The van der Waals surface area contributed by atoms with E-state index in [0.29, 0.717) is 28.1 Å². The number of aromatic amines is 1. The molecule has 5 heteroatoms. The highest BCUT2D eigenvalue weighted by Crippen LogP contribution is 2.22. The van der Waals surface area contributed by atoms with E-state index in [-0.39, 0.29) is 11.6 Å². The van der Waals surface area contributed by atoms with Crippen LogP contribution >= 0.6 is 0 Å². The molecule has 0 aliphatic heterocycles. The Hall–Kier alpha value is -2.69. The van der Waals surface area contributed by atoms with Crippen molar-refractivity contribution in [3.8, 4) is 0 Å². The van der Waals surface area contributed by atoms with E-state index in [1.165, 1.54) is 6.92 Å². The van der Waals surface area contributed by atoms with Crippen molar-refractivity contribution in [2.45, 2.75) is 54.6 Å². The van der Waals surface area contributed by atoms with Crippen LogP contribution in [-0.4, -0.2) is 28.6 Å². The summed E-state index contributed by atoms with van der Waals surface area (Å²) in [6, 6.07) is 3.82. The van der Waals surface area contributed by atoms with Gasteiger partial charge in [0, 0.05) is 11.3 Å². The minimum Gasteiger partial charge on any atom is -0.451 e. The summed E-state index contributed by atoms with van der Waals surface area (Å²) in [5.41, 5.74) is 5.24. The van der Waals surface area contributed by atoms with Crippen LogP contribution in [-0.2, 0) is 4.74 Å². The molecule has 2 aromatic rings. The van der Waals surface area contributed by atoms with E-state index in [1.807, 2.05) is 32.9 Å². The van der Waals surface area contributed by atoms with E-state index in [4.69, 9.17) is 4.74 Å². The summed E-state index contributed by atoms with van der Waals surface area (Å²) < 4.78 is 5.43. The number of carbonyl (C=O) groups is 3. The van der Waals surface area contributed by atoms with Gasteiger partial charge in [0.25, 0.3) is 0 Å². The Balaban J connectivity index is 2.27. The number of Topliss-reactive ketones (excluding diaryl/α,β-unsaturated/α-hetero) is 2. The molecule has 0 aliphatic carbocycles. The molecular weight excluding hydrogens is 330 g/mol. The van der Waals surface area contributed by atoms with Gasteiger partial charge in [0.2, 0.25) is 5.78 Å². The molecule has 1 N–H and O–H groups in total. The Morgan fingerprint density at radius 3 is 1.96 bits per heavy atom. The third-order valence-electron chi connectivity index (χ3n) is 4.57. The molecule has 1 aromatic carbocycles. The molecule has 1 heterocycles. The molecule has 0 saturated heterocycles. The van der Waals surface area contributed by atoms with Crippen molar-refractivity contribution in [1.82, 2.24) is 4.98 Å². The maximum Gasteiger partial charge on any atom is 0.339 e. The quantitative estimate of drug-likeness (QED) is 0.644. The van der Waals surface area contributed by atoms with Crippen molar-refractivity contribution in [1.29, 1.82) is 0 Å². The summed E-state index contributed by atoms with van der Waals surface area (Å²) in [4.78, 5) is 40.0. The van der Waals surface area contributed by atoms with Crippen LogP contribution in [0.1, 0.15) is 73.0 Å². The second-order valence-electron chi connectivity index (χ2n) is 6.87. The Morgan fingerprint density at radius 1 is 0.962 bits per heavy atom. The lowest BCUT2D eigenvalue weighted by Gasteiger charge is -2.15. The van der Waals surface area contributed by atoms with Gasteiger partial charge in [0.15, 0.2) is 11.9 Å². The number of hydrogen-bond donors (Lipinski definition) is 1. The van der Waals surface area contributed by atoms with Gasteiger partial charge in [-0.05, 0) is 65.2 Å². The predicted octanol–water partition coefficient (Wildman–Crippen LogP) is 4.19. The van der Waals surface area contributed by atoms with E-state index < -0.39 is 12.1 Å². The van der Waals surface area contributed by atoms with Crippen molar-refractivity contribution < 1.29 is 19.1 Å². The predicted molar refractivity (Wildman–Crippen MR) is 100 cm³/mol. The largest absolute Gasteiger partial charge is 0.451 e. The van der Waals surface area contributed by atoms with Crippen LogP contribution in [0.5, 0.6) is 0 Å². The van der Waals surface area contributed by atoms with Crippen LogP contribution in [0.25, 0.3) is 0 Å². The fraction of sp³-hybridized carbons (Fsp3) is 0.381. The molecule has 0 bridgehead atoms. The first-order valence-corrected chi connectivity index (χ1v) is 8.57. The number of ether oxygens (including phenoxy) is 1. The van der Waals surface area contributed by atoms with Gasteiger partial charge in [-0.15, -0.1) is 0 Å². The average molecular weight is 355 g/mol. The Kier molecular flexibility index (Phi) is 5.50. The number of nitrogens with one attached hydrogen (secondary N) is 1. The fourth-order valence-corrected chi connectivity index (χ4v) is 3.50. The Labute approximate surface area is 153 Å². The number of rotatable bonds is 5. The van der Waals surface area contributed by atoms with E-state index >= 15 is 0 Å². The van der Waals surface area contributed by atoms with Gasteiger partial charge in [0.1, 0.15) is 0 Å². The molecule has 0 aliphatic rings. The molecule has 5 nitrogen and oxygen atoms in total. The SMILES string of the molecule is CC(=O)c1c(C)[nH]c(C(=O)C(C)OC(=O)c2c(C)cc(C)cc2C)c1C.